The quantitative estimate of drug-likeness (QED) is 0.582. The van der Waals surface area contributed by atoms with Crippen LogP contribution in [0.5, 0.6) is 0 Å². The minimum absolute atomic E-state index is 0.190. The number of carbonyl (C=O) groups excluding carboxylic acids is 2. The topological polar surface area (TPSA) is 52.7 Å². The van der Waals surface area contributed by atoms with Crippen LogP contribution in [0.2, 0.25) is 5.02 Å². The van der Waals surface area contributed by atoms with Crippen molar-refractivity contribution in [3.63, 3.8) is 0 Å². The fraction of sp³-hybridized carbons (Fsp3) is 0.182. The minimum atomic E-state index is -0.190. The molecule has 0 bridgehead atoms. The second kappa shape index (κ2) is 8.68. The average molecular weight is 426 g/mol. The number of aldehydes is 1. The number of rotatable bonds is 4. The number of carbonyl (C=O) groups is 2. The fourth-order valence-corrected chi connectivity index (χ4v) is 4.58. The Morgan fingerprint density at radius 2 is 1.69 bits per heavy atom. The van der Waals surface area contributed by atoms with E-state index in [0.29, 0.717) is 41.8 Å². The summed E-state index contributed by atoms with van der Waals surface area (Å²) in [6.07, 6.45) is 0.794. The predicted octanol–water partition coefficient (Wildman–Crippen LogP) is 5.24. The van der Waals surface area contributed by atoms with Gasteiger partial charge in [-0.1, -0.05) is 54.1 Å². The standard InChI is InChI=1S/C22H20ClN3O2S/c23-17-8-4-5-9-19(17)25-10-12-26(13-11-25)22(28)24-18-14-20(29-21(18)15-27)16-6-2-1-3-7-16/h1-9,14-15H,10-13H2,(H,24,28). The van der Waals surface area contributed by atoms with E-state index >= 15 is 0 Å². The third-order valence-corrected chi connectivity index (χ3v) is 6.36. The number of halogens is 1. The lowest BCUT2D eigenvalue weighted by atomic mass is 10.2. The molecule has 0 saturated carbocycles. The Morgan fingerprint density at radius 3 is 2.38 bits per heavy atom. The smallest absolute Gasteiger partial charge is 0.322 e. The van der Waals surface area contributed by atoms with Gasteiger partial charge >= 0.3 is 6.03 Å². The van der Waals surface area contributed by atoms with E-state index in [2.05, 4.69) is 10.2 Å². The van der Waals surface area contributed by atoms with Gasteiger partial charge in [0.05, 0.1) is 21.3 Å². The zero-order valence-corrected chi connectivity index (χ0v) is 17.2. The number of hydrogen-bond acceptors (Lipinski definition) is 4. The van der Waals surface area contributed by atoms with Crippen molar-refractivity contribution in [2.24, 2.45) is 0 Å². The molecule has 1 saturated heterocycles. The first kappa shape index (κ1) is 19.5. The number of para-hydroxylation sites is 1. The van der Waals surface area contributed by atoms with E-state index in [0.717, 1.165) is 22.4 Å². The highest BCUT2D eigenvalue weighted by atomic mass is 35.5. The first-order chi connectivity index (χ1) is 14.2. The molecule has 1 aliphatic rings. The lowest BCUT2D eigenvalue weighted by Gasteiger charge is -2.36. The first-order valence-electron chi connectivity index (χ1n) is 9.35. The Morgan fingerprint density at radius 1 is 1.00 bits per heavy atom. The van der Waals surface area contributed by atoms with Crippen LogP contribution in [0.15, 0.2) is 60.7 Å². The van der Waals surface area contributed by atoms with Gasteiger partial charge in [0.15, 0.2) is 6.29 Å². The second-order valence-corrected chi connectivity index (χ2v) is 8.22. The zero-order chi connectivity index (χ0) is 20.2. The van der Waals surface area contributed by atoms with Gasteiger partial charge in [0, 0.05) is 31.1 Å². The van der Waals surface area contributed by atoms with Crippen LogP contribution in [0.4, 0.5) is 16.2 Å². The monoisotopic (exact) mass is 425 g/mol. The van der Waals surface area contributed by atoms with Gasteiger partial charge in [0.2, 0.25) is 0 Å². The van der Waals surface area contributed by atoms with Gasteiger partial charge in [0.1, 0.15) is 0 Å². The van der Waals surface area contributed by atoms with E-state index in [1.54, 1.807) is 4.90 Å². The van der Waals surface area contributed by atoms with Crippen molar-refractivity contribution in [3.05, 3.63) is 70.6 Å². The molecule has 0 unspecified atom stereocenters. The van der Waals surface area contributed by atoms with E-state index in [1.807, 2.05) is 60.7 Å². The molecule has 29 heavy (non-hydrogen) atoms. The molecular weight excluding hydrogens is 406 g/mol. The molecule has 1 aliphatic heterocycles. The summed E-state index contributed by atoms with van der Waals surface area (Å²) in [5.74, 6) is 0. The number of anilines is 2. The molecule has 1 aromatic heterocycles. The highest BCUT2D eigenvalue weighted by molar-refractivity contribution is 7.17. The highest BCUT2D eigenvalue weighted by Crippen LogP contribution is 2.34. The van der Waals surface area contributed by atoms with Crippen LogP contribution in [0, 0.1) is 0 Å². The van der Waals surface area contributed by atoms with Crippen molar-refractivity contribution in [3.8, 4) is 10.4 Å². The van der Waals surface area contributed by atoms with Crippen LogP contribution >= 0.6 is 22.9 Å². The molecule has 1 fully saturated rings. The molecule has 3 aromatic rings. The lowest BCUT2D eigenvalue weighted by Crippen LogP contribution is -2.50. The predicted molar refractivity (Wildman–Crippen MR) is 119 cm³/mol. The molecule has 0 radical (unpaired) electrons. The van der Waals surface area contributed by atoms with Crippen molar-refractivity contribution in [2.45, 2.75) is 0 Å². The summed E-state index contributed by atoms with van der Waals surface area (Å²) in [5, 5.41) is 3.62. The Kier molecular flexibility index (Phi) is 5.83. The Labute approximate surface area is 178 Å². The lowest BCUT2D eigenvalue weighted by molar-refractivity contribution is 0.112. The third kappa shape index (κ3) is 4.28. The minimum Gasteiger partial charge on any atom is -0.367 e. The molecule has 0 aliphatic carbocycles. The van der Waals surface area contributed by atoms with Gasteiger partial charge in [-0.2, -0.15) is 0 Å². The molecule has 2 amide bonds. The number of hydrogen-bond donors (Lipinski definition) is 1. The van der Waals surface area contributed by atoms with E-state index < -0.39 is 0 Å². The maximum atomic E-state index is 12.8. The van der Waals surface area contributed by atoms with Gasteiger partial charge < -0.3 is 15.1 Å². The number of thiophene rings is 1. The van der Waals surface area contributed by atoms with Crippen LogP contribution in [0.25, 0.3) is 10.4 Å². The number of benzene rings is 2. The summed E-state index contributed by atoms with van der Waals surface area (Å²) in [7, 11) is 0. The van der Waals surface area contributed by atoms with E-state index in [1.165, 1.54) is 11.3 Å². The van der Waals surface area contributed by atoms with Crippen LogP contribution in [-0.4, -0.2) is 43.4 Å². The fourth-order valence-electron chi connectivity index (χ4n) is 3.39. The number of piperazine rings is 1. The molecule has 2 heterocycles. The van der Waals surface area contributed by atoms with Crippen molar-refractivity contribution in [1.82, 2.24) is 4.90 Å². The second-order valence-electron chi connectivity index (χ2n) is 6.73. The van der Waals surface area contributed by atoms with E-state index in [4.69, 9.17) is 11.6 Å². The van der Waals surface area contributed by atoms with Gasteiger partial charge in [-0.25, -0.2) is 4.79 Å². The van der Waals surface area contributed by atoms with Gasteiger partial charge in [-0.3, -0.25) is 4.79 Å². The molecular formula is C22H20ClN3O2S. The molecule has 7 heteroatoms. The van der Waals surface area contributed by atoms with E-state index in [9.17, 15) is 9.59 Å². The maximum Gasteiger partial charge on any atom is 0.322 e. The summed E-state index contributed by atoms with van der Waals surface area (Å²) < 4.78 is 0. The third-order valence-electron chi connectivity index (χ3n) is 4.93. The SMILES string of the molecule is O=Cc1sc(-c2ccccc2)cc1NC(=O)N1CCN(c2ccccc2Cl)CC1. The molecule has 148 valence electrons. The molecule has 1 N–H and O–H groups in total. The summed E-state index contributed by atoms with van der Waals surface area (Å²) in [5.41, 5.74) is 2.57. The molecule has 5 nitrogen and oxygen atoms in total. The molecule has 0 atom stereocenters. The summed E-state index contributed by atoms with van der Waals surface area (Å²) in [6, 6.07) is 19.2. The van der Waals surface area contributed by atoms with Crippen molar-refractivity contribution in [1.29, 1.82) is 0 Å². The first-order valence-corrected chi connectivity index (χ1v) is 10.5. The summed E-state index contributed by atoms with van der Waals surface area (Å²) in [4.78, 5) is 29.7. The van der Waals surface area contributed by atoms with Crippen LogP contribution in [-0.2, 0) is 0 Å². The molecule has 2 aromatic carbocycles. The average Bonchev–Trinajstić information content (AvgIpc) is 3.17. The number of amides is 2. The Balaban J connectivity index is 1.42. The number of nitrogens with zero attached hydrogens (tertiary/aromatic N) is 2. The van der Waals surface area contributed by atoms with Crippen LogP contribution in [0.3, 0.4) is 0 Å². The summed E-state index contributed by atoms with van der Waals surface area (Å²) in [6.45, 7) is 2.58. The van der Waals surface area contributed by atoms with Crippen molar-refractivity contribution < 1.29 is 9.59 Å². The maximum absolute atomic E-state index is 12.8. The van der Waals surface area contributed by atoms with Crippen LogP contribution < -0.4 is 10.2 Å². The van der Waals surface area contributed by atoms with Crippen molar-refractivity contribution in [2.75, 3.05) is 36.4 Å². The highest BCUT2D eigenvalue weighted by Gasteiger charge is 2.23. The normalized spacial score (nSPS) is 14.0. The molecule has 0 spiro atoms. The zero-order valence-electron chi connectivity index (χ0n) is 15.7. The van der Waals surface area contributed by atoms with Crippen molar-refractivity contribution >= 4 is 46.6 Å². The number of urea groups is 1. The largest absolute Gasteiger partial charge is 0.367 e. The summed E-state index contributed by atoms with van der Waals surface area (Å²) >= 11 is 7.66. The van der Waals surface area contributed by atoms with E-state index in [-0.39, 0.29) is 6.03 Å². The van der Waals surface area contributed by atoms with Gasteiger partial charge in [-0.15, -0.1) is 11.3 Å². The molecule has 4 rings (SSSR count). The van der Waals surface area contributed by atoms with Crippen LogP contribution in [0.1, 0.15) is 9.67 Å². The van der Waals surface area contributed by atoms with Gasteiger partial charge in [-0.05, 0) is 23.8 Å². The van der Waals surface area contributed by atoms with Gasteiger partial charge in [0.25, 0.3) is 0 Å². The number of nitrogens with one attached hydrogen (secondary N) is 1. The Bertz CT molecular complexity index is 1010. The Hall–Kier alpha value is -2.83.